The van der Waals surface area contributed by atoms with Crippen molar-refractivity contribution in [2.75, 3.05) is 4.90 Å². The van der Waals surface area contributed by atoms with Gasteiger partial charge >= 0.3 is 0 Å². The van der Waals surface area contributed by atoms with Crippen LogP contribution in [0.3, 0.4) is 0 Å². The van der Waals surface area contributed by atoms with Gasteiger partial charge in [0.05, 0.1) is 17.8 Å². The van der Waals surface area contributed by atoms with Crippen molar-refractivity contribution in [3.63, 3.8) is 0 Å². The Bertz CT molecular complexity index is 724. The van der Waals surface area contributed by atoms with Crippen LogP contribution in [0, 0.1) is 6.92 Å². The normalized spacial score (nSPS) is 13.8. The molecule has 100 valence electrons. The lowest BCUT2D eigenvalue weighted by Gasteiger charge is -2.18. The number of anilines is 1. The van der Waals surface area contributed by atoms with E-state index < -0.39 is 11.7 Å². The maximum absolute atomic E-state index is 12.2. The van der Waals surface area contributed by atoms with Crippen LogP contribution < -0.4 is 4.90 Å². The third kappa shape index (κ3) is 1.96. The molecule has 0 N–H and O–H groups in total. The van der Waals surface area contributed by atoms with Crippen LogP contribution in [0.15, 0.2) is 46.9 Å². The van der Waals surface area contributed by atoms with Gasteiger partial charge in [0, 0.05) is 4.47 Å². The molecule has 0 aliphatic carbocycles. The predicted molar refractivity (Wildman–Crippen MR) is 80.8 cm³/mol. The van der Waals surface area contributed by atoms with Crippen molar-refractivity contribution in [1.82, 2.24) is 0 Å². The average Bonchev–Trinajstić information content (AvgIpc) is 2.67. The van der Waals surface area contributed by atoms with E-state index in [1.165, 1.54) is 0 Å². The third-order valence-electron chi connectivity index (χ3n) is 3.54. The zero-order valence-corrected chi connectivity index (χ0v) is 12.5. The Morgan fingerprint density at radius 1 is 1.05 bits per heavy atom. The molecule has 0 radical (unpaired) electrons. The highest BCUT2D eigenvalue weighted by Crippen LogP contribution is 2.35. The Kier molecular flexibility index (Phi) is 3.18. The molecule has 4 heteroatoms. The molecule has 2 aromatic rings. The van der Waals surface area contributed by atoms with E-state index in [9.17, 15) is 9.59 Å². The summed E-state index contributed by atoms with van der Waals surface area (Å²) in [7, 11) is 0. The number of carbonyl (C=O) groups is 2. The Labute approximate surface area is 125 Å². The summed E-state index contributed by atoms with van der Waals surface area (Å²) in [5, 5.41) is 0. The molecule has 0 atom stereocenters. The molecule has 0 saturated heterocycles. The summed E-state index contributed by atoms with van der Waals surface area (Å²) in [6, 6.07) is 13.3. The van der Waals surface area contributed by atoms with Gasteiger partial charge in [0.2, 0.25) is 0 Å². The maximum Gasteiger partial charge on any atom is 0.299 e. The number of Topliss-reactive ketones (excluding diaryl/α,β-unsaturated/α-hetero) is 1. The van der Waals surface area contributed by atoms with Crippen LogP contribution in [-0.4, -0.2) is 11.7 Å². The number of hydrogen-bond donors (Lipinski definition) is 0. The molecule has 20 heavy (non-hydrogen) atoms. The topological polar surface area (TPSA) is 37.4 Å². The van der Waals surface area contributed by atoms with Gasteiger partial charge in [-0.05, 0) is 46.1 Å². The van der Waals surface area contributed by atoms with Crippen LogP contribution in [0.5, 0.6) is 0 Å². The fourth-order valence-electron chi connectivity index (χ4n) is 2.42. The number of hydrogen-bond acceptors (Lipinski definition) is 2. The maximum atomic E-state index is 12.2. The number of rotatable bonds is 2. The van der Waals surface area contributed by atoms with Crippen LogP contribution >= 0.6 is 15.9 Å². The van der Waals surface area contributed by atoms with Crippen LogP contribution in [0.2, 0.25) is 0 Å². The minimum absolute atomic E-state index is 0.417. The van der Waals surface area contributed by atoms with Gasteiger partial charge in [-0.25, -0.2) is 0 Å². The molecule has 3 rings (SSSR count). The number of ketones is 1. The Hall–Kier alpha value is -1.94. The van der Waals surface area contributed by atoms with Gasteiger partial charge in [0.15, 0.2) is 0 Å². The van der Waals surface area contributed by atoms with E-state index in [1.807, 2.05) is 37.3 Å². The van der Waals surface area contributed by atoms with Gasteiger partial charge in [-0.3, -0.25) is 9.59 Å². The van der Waals surface area contributed by atoms with E-state index in [2.05, 4.69) is 15.9 Å². The summed E-state index contributed by atoms with van der Waals surface area (Å²) in [4.78, 5) is 25.8. The molecule has 0 saturated carbocycles. The highest BCUT2D eigenvalue weighted by atomic mass is 79.9. The number of benzene rings is 2. The average molecular weight is 330 g/mol. The van der Waals surface area contributed by atoms with Crippen molar-refractivity contribution in [3.8, 4) is 0 Å². The van der Waals surface area contributed by atoms with Crippen LogP contribution in [0.25, 0.3) is 0 Å². The van der Waals surface area contributed by atoms with E-state index >= 15 is 0 Å². The van der Waals surface area contributed by atoms with Gasteiger partial charge in [-0.15, -0.1) is 0 Å². The van der Waals surface area contributed by atoms with E-state index in [0.717, 1.165) is 11.1 Å². The summed E-state index contributed by atoms with van der Waals surface area (Å²) >= 11 is 3.34. The molecule has 0 bridgehead atoms. The largest absolute Gasteiger partial charge is 0.300 e. The predicted octanol–water partition coefficient (Wildman–Crippen LogP) is 3.49. The summed E-state index contributed by atoms with van der Waals surface area (Å²) < 4.78 is 0.667. The van der Waals surface area contributed by atoms with Gasteiger partial charge in [0.1, 0.15) is 0 Å². The minimum Gasteiger partial charge on any atom is -0.300 e. The van der Waals surface area contributed by atoms with Crippen molar-refractivity contribution in [2.45, 2.75) is 13.5 Å². The number of carbonyl (C=O) groups excluding carboxylic acids is 2. The van der Waals surface area contributed by atoms with Crippen molar-refractivity contribution in [2.24, 2.45) is 0 Å². The number of aryl methyl sites for hydroxylation is 1. The quantitative estimate of drug-likeness (QED) is 0.791. The highest BCUT2D eigenvalue weighted by Gasteiger charge is 2.37. The Balaban J connectivity index is 2.04. The Morgan fingerprint density at radius 2 is 1.80 bits per heavy atom. The lowest BCUT2D eigenvalue weighted by atomic mass is 10.1. The summed E-state index contributed by atoms with van der Waals surface area (Å²) in [6.07, 6.45) is 0. The van der Waals surface area contributed by atoms with Gasteiger partial charge in [-0.2, -0.15) is 0 Å². The van der Waals surface area contributed by atoms with Crippen LogP contribution in [0.4, 0.5) is 5.69 Å². The second-order valence-corrected chi connectivity index (χ2v) is 5.64. The second kappa shape index (κ2) is 4.87. The van der Waals surface area contributed by atoms with Crippen LogP contribution in [0.1, 0.15) is 21.5 Å². The lowest BCUT2D eigenvalue weighted by Crippen LogP contribution is -2.29. The summed E-state index contributed by atoms with van der Waals surface area (Å²) in [6.45, 7) is 2.42. The monoisotopic (exact) mass is 329 g/mol. The fraction of sp³-hybridized carbons (Fsp3) is 0.125. The molecular weight excluding hydrogens is 318 g/mol. The van der Waals surface area contributed by atoms with Crippen molar-refractivity contribution in [3.05, 3.63) is 63.6 Å². The lowest BCUT2D eigenvalue weighted by molar-refractivity contribution is -0.114. The third-order valence-corrected chi connectivity index (χ3v) is 4.20. The molecule has 0 unspecified atom stereocenters. The molecular formula is C16H12BrNO2. The first kappa shape index (κ1) is 13.1. The molecule has 1 aliphatic rings. The number of fused-ring (bicyclic) bond motifs is 1. The van der Waals surface area contributed by atoms with E-state index in [0.29, 0.717) is 22.3 Å². The number of nitrogens with zero attached hydrogens (tertiary/aromatic N) is 1. The zero-order valence-electron chi connectivity index (χ0n) is 10.9. The molecule has 1 heterocycles. The standard InChI is InChI=1S/C16H12BrNO2/c1-10-5-2-3-6-11(10)9-18-13-8-4-7-12(17)14(13)15(19)16(18)20/h2-8H,9H2,1H3. The van der Waals surface area contributed by atoms with Crippen molar-refractivity contribution in [1.29, 1.82) is 0 Å². The second-order valence-electron chi connectivity index (χ2n) is 4.78. The highest BCUT2D eigenvalue weighted by molar-refractivity contribution is 9.10. The first-order valence-electron chi connectivity index (χ1n) is 6.29. The van der Waals surface area contributed by atoms with E-state index in [1.54, 1.807) is 17.0 Å². The fourth-order valence-corrected chi connectivity index (χ4v) is 2.95. The molecule has 3 nitrogen and oxygen atoms in total. The molecule has 0 fully saturated rings. The smallest absolute Gasteiger partial charge is 0.299 e. The Morgan fingerprint density at radius 3 is 2.55 bits per heavy atom. The van der Waals surface area contributed by atoms with Crippen LogP contribution in [-0.2, 0) is 11.3 Å². The van der Waals surface area contributed by atoms with Gasteiger partial charge in [0.25, 0.3) is 11.7 Å². The van der Waals surface area contributed by atoms with Crippen molar-refractivity contribution >= 4 is 33.3 Å². The number of amides is 1. The van der Waals surface area contributed by atoms with Gasteiger partial charge in [-0.1, -0.05) is 30.3 Å². The van der Waals surface area contributed by atoms with E-state index in [4.69, 9.17) is 0 Å². The first-order valence-corrected chi connectivity index (χ1v) is 7.08. The molecule has 0 aromatic heterocycles. The zero-order chi connectivity index (χ0) is 14.3. The summed E-state index contributed by atoms with van der Waals surface area (Å²) in [5.74, 6) is -0.906. The molecule has 0 spiro atoms. The molecule has 1 aliphatic heterocycles. The first-order chi connectivity index (χ1) is 9.59. The van der Waals surface area contributed by atoms with Gasteiger partial charge < -0.3 is 4.90 Å². The summed E-state index contributed by atoms with van der Waals surface area (Å²) in [5.41, 5.74) is 3.29. The number of halogens is 1. The minimum atomic E-state index is -0.463. The van der Waals surface area contributed by atoms with Crippen molar-refractivity contribution < 1.29 is 9.59 Å². The van der Waals surface area contributed by atoms with E-state index in [-0.39, 0.29) is 0 Å². The molecule has 2 aromatic carbocycles. The molecule has 1 amide bonds. The SMILES string of the molecule is Cc1ccccc1CN1C(=O)C(=O)c2c(Br)cccc21.